The van der Waals surface area contributed by atoms with Crippen LogP contribution in [0.1, 0.15) is 30.6 Å². The molecule has 2 atom stereocenters. The molecular weight excluding hydrogens is 327 g/mol. The van der Waals surface area contributed by atoms with Gasteiger partial charge in [0.25, 0.3) is 0 Å². The number of rotatable bonds is 4. The van der Waals surface area contributed by atoms with Gasteiger partial charge in [-0.15, -0.1) is 23.7 Å². The van der Waals surface area contributed by atoms with Crippen LogP contribution in [0.5, 0.6) is 0 Å². The lowest BCUT2D eigenvalue weighted by Crippen LogP contribution is -2.48. The summed E-state index contributed by atoms with van der Waals surface area (Å²) in [5, 5.41) is 6.58. The molecule has 3 nitrogen and oxygen atoms in total. The molecule has 0 bridgehead atoms. The minimum absolute atomic E-state index is 0. The van der Waals surface area contributed by atoms with Gasteiger partial charge in [-0.1, -0.05) is 24.4 Å². The molecule has 2 fully saturated rings. The number of amides is 1. The molecule has 1 amide bonds. The summed E-state index contributed by atoms with van der Waals surface area (Å²) in [5.74, 6) is 0.794. The summed E-state index contributed by atoms with van der Waals surface area (Å²) in [7, 11) is 0. The topological polar surface area (TPSA) is 41.1 Å². The van der Waals surface area contributed by atoms with Crippen LogP contribution in [0, 0.1) is 11.3 Å². The maximum Gasteiger partial charge on any atom is 0.227 e. The Kier molecular flexibility index (Phi) is 5.95. The lowest BCUT2D eigenvalue weighted by Gasteiger charge is -2.37. The maximum atomic E-state index is 12.6. The van der Waals surface area contributed by atoms with Crippen molar-refractivity contribution in [2.45, 2.75) is 32.1 Å². The van der Waals surface area contributed by atoms with E-state index in [-0.39, 0.29) is 23.7 Å². The van der Waals surface area contributed by atoms with Gasteiger partial charge in [-0.2, -0.15) is 0 Å². The number of nitrogens with one attached hydrogen (secondary N) is 2. The number of carbonyl (C=O) groups is 1. The van der Waals surface area contributed by atoms with Crippen molar-refractivity contribution in [2.75, 3.05) is 19.6 Å². The first-order valence-electron chi connectivity index (χ1n) is 7.44. The van der Waals surface area contributed by atoms with E-state index >= 15 is 0 Å². The zero-order valence-corrected chi connectivity index (χ0v) is 14.4. The number of hydrogen-bond donors (Lipinski definition) is 2. The van der Waals surface area contributed by atoms with Crippen molar-refractivity contribution in [1.29, 1.82) is 0 Å². The van der Waals surface area contributed by atoms with Crippen LogP contribution >= 0.6 is 35.3 Å². The molecule has 1 aliphatic heterocycles. The van der Waals surface area contributed by atoms with Crippen LogP contribution in [0.3, 0.4) is 0 Å². The number of carbonyl (C=O) groups excluding carboxylic acids is 1. The van der Waals surface area contributed by atoms with E-state index in [1.54, 1.807) is 11.3 Å². The van der Waals surface area contributed by atoms with Crippen LogP contribution in [0.2, 0.25) is 4.34 Å². The molecule has 2 aliphatic rings. The van der Waals surface area contributed by atoms with Crippen molar-refractivity contribution >= 4 is 41.3 Å². The number of hydrogen-bond acceptors (Lipinski definition) is 3. The van der Waals surface area contributed by atoms with Crippen molar-refractivity contribution in [3.05, 3.63) is 21.3 Å². The van der Waals surface area contributed by atoms with Crippen molar-refractivity contribution in [3.63, 3.8) is 0 Å². The first-order valence-corrected chi connectivity index (χ1v) is 8.63. The standard InChI is InChI=1S/C15H21ClN2OS.ClH/c16-13-5-4-12(20-13)6-8-18-14(19)15-7-2-1-3-11(15)9-17-10-15;/h4-5,11,17H,1-3,6-10H2,(H,18,19);1H/t11-,15+;/m0./s1. The van der Waals surface area contributed by atoms with E-state index in [1.807, 2.05) is 12.1 Å². The SMILES string of the molecule is Cl.O=C(NCCc1ccc(Cl)s1)[C@@]12CCCC[C@H]1CNC2. The molecule has 0 radical (unpaired) electrons. The van der Waals surface area contributed by atoms with Crippen molar-refractivity contribution in [2.24, 2.45) is 11.3 Å². The first kappa shape index (κ1) is 17.1. The molecule has 1 saturated heterocycles. The van der Waals surface area contributed by atoms with Gasteiger partial charge in [0.05, 0.1) is 9.75 Å². The van der Waals surface area contributed by atoms with E-state index in [2.05, 4.69) is 10.6 Å². The average Bonchev–Trinajstić information content (AvgIpc) is 3.05. The van der Waals surface area contributed by atoms with Crippen LogP contribution in [-0.4, -0.2) is 25.5 Å². The minimum Gasteiger partial charge on any atom is -0.355 e. The predicted molar refractivity (Wildman–Crippen MR) is 90.6 cm³/mol. The maximum absolute atomic E-state index is 12.6. The van der Waals surface area contributed by atoms with Gasteiger partial charge in [0.2, 0.25) is 5.91 Å². The van der Waals surface area contributed by atoms with Crippen molar-refractivity contribution < 1.29 is 4.79 Å². The molecule has 1 aromatic rings. The van der Waals surface area contributed by atoms with Crippen LogP contribution in [-0.2, 0) is 11.2 Å². The van der Waals surface area contributed by atoms with Gasteiger partial charge < -0.3 is 10.6 Å². The quantitative estimate of drug-likeness (QED) is 0.876. The van der Waals surface area contributed by atoms with Gasteiger partial charge in [-0.05, 0) is 43.9 Å². The molecule has 3 rings (SSSR count). The third-order valence-corrected chi connectivity index (χ3v) is 6.07. The summed E-state index contributed by atoms with van der Waals surface area (Å²) in [6, 6.07) is 3.96. The molecule has 21 heavy (non-hydrogen) atoms. The Morgan fingerprint density at radius 3 is 3.10 bits per heavy atom. The molecule has 0 unspecified atom stereocenters. The van der Waals surface area contributed by atoms with E-state index in [9.17, 15) is 4.79 Å². The highest BCUT2D eigenvalue weighted by atomic mass is 35.5. The van der Waals surface area contributed by atoms with Gasteiger partial charge in [-0.25, -0.2) is 0 Å². The number of fused-ring (bicyclic) bond motifs is 1. The Morgan fingerprint density at radius 1 is 1.48 bits per heavy atom. The van der Waals surface area contributed by atoms with Gasteiger partial charge in [0.15, 0.2) is 0 Å². The minimum atomic E-state index is -0.134. The average molecular weight is 349 g/mol. The Labute approximate surface area is 141 Å². The number of thiophene rings is 1. The molecule has 118 valence electrons. The molecule has 1 aliphatic carbocycles. The normalized spacial score (nSPS) is 27.8. The lowest BCUT2D eigenvalue weighted by atomic mass is 9.67. The predicted octanol–water partition coefficient (Wildman–Crippen LogP) is 3.26. The first-order chi connectivity index (χ1) is 9.71. The highest BCUT2D eigenvalue weighted by molar-refractivity contribution is 7.16. The Hall–Kier alpha value is -0.290. The molecule has 2 heterocycles. The second-order valence-corrected chi connectivity index (χ2v) is 7.74. The van der Waals surface area contributed by atoms with Gasteiger partial charge >= 0.3 is 0 Å². The van der Waals surface area contributed by atoms with Crippen LogP contribution in [0.4, 0.5) is 0 Å². The monoisotopic (exact) mass is 348 g/mol. The molecule has 1 aromatic heterocycles. The summed E-state index contributed by atoms with van der Waals surface area (Å²) in [6.07, 6.45) is 5.57. The van der Waals surface area contributed by atoms with E-state index in [4.69, 9.17) is 11.6 Å². The molecule has 1 saturated carbocycles. The Morgan fingerprint density at radius 2 is 2.33 bits per heavy atom. The highest BCUT2D eigenvalue weighted by Gasteiger charge is 2.49. The molecule has 6 heteroatoms. The van der Waals surface area contributed by atoms with E-state index < -0.39 is 0 Å². The van der Waals surface area contributed by atoms with Crippen molar-refractivity contribution in [3.8, 4) is 0 Å². The van der Waals surface area contributed by atoms with E-state index in [0.29, 0.717) is 12.5 Å². The van der Waals surface area contributed by atoms with E-state index in [1.165, 1.54) is 24.1 Å². The van der Waals surface area contributed by atoms with Gasteiger partial charge in [-0.3, -0.25) is 4.79 Å². The highest BCUT2D eigenvalue weighted by Crippen LogP contribution is 2.43. The second kappa shape index (κ2) is 7.32. The van der Waals surface area contributed by atoms with Gasteiger partial charge in [0, 0.05) is 18.0 Å². The van der Waals surface area contributed by atoms with Crippen LogP contribution in [0.15, 0.2) is 12.1 Å². The lowest BCUT2D eigenvalue weighted by molar-refractivity contribution is -0.133. The van der Waals surface area contributed by atoms with E-state index in [0.717, 1.165) is 30.3 Å². The molecule has 0 aromatic carbocycles. The second-order valence-electron chi connectivity index (χ2n) is 5.94. The fraction of sp³-hybridized carbons (Fsp3) is 0.667. The van der Waals surface area contributed by atoms with Gasteiger partial charge in [0.1, 0.15) is 0 Å². The molecule has 0 spiro atoms. The summed E-state index contributed by atoms with van der Waals surface area (Å²) < 4.78 is 0.817. The number of halogens is 2. The summed E-state index contributed by atoms with van der Waals surface area (Å²) in [5.41, 5.74) is -0.134. The smallest absolute Gasteiger partial charge is 0.227 e. The fourth-order valence-corrected chi connectivity index (χ4v) is 4.74. The Bertz CT molecular complexity index is 494. The summed E-state index contributed by atoms with van der Waals surface area (Å²) in [6.45, 7) is 2.58. The van der Waals surface area contributed by atoms with Crippen LogP contribution in [0.25, 0.3) is 0 Å². The molecule has 2 N–H and O–H groups in total. The third-order valence-electron chi connectivity index (χ3n) is 4.78. The zero-order chi connectivity index (χ0) is 14.0. The molecular formula is C15H22Cl2N2OS. The summed E-state index contributed by atoms with van der Waals surface area (Å²) in [4.78, 5) is 13.9. The zero-order valence-electron chi connectivity index (χ0n) is 12.0. The third kappa shape index (κ3) is 3.55. The largest absolute Gasteiger partial charge is 0.355 e. The Balaban J connectivity index is 0.00000161. The van der Waals surface area contributed by atoms with Crippen molar-refractivity contribution in [1.82, 2.24) is 10.6 Å². The fourth-order valence-electron chi connectivity index (χ4n) is 3.65. The van der Waals surface area contributed by atoms with Crippen LogP contribution < -0.4 is 10.6 Å². The summed E-state index contributed by atoms with van der Waals surface area (Å²) >= 11 is 7.51.